The van der Waals surface area contributed by atoms with Crippen LogP contribution in [0.15, 0.2) is 23.3 Å². The first-order chi connectivity index (χ1) is 13.7. The lowest BCUT2D eigenvalue weighted by Gasteiger charge is -2.33. The molecule has 2 heterocycles. The van der Waals surface area contributed by atoms with Crippen LogP contribution in [0.5, 0.6) is 5.88 Å². The molecule has 2 fully saturated rings. The standard InChI is InChI=1S/C21H32N4O3.HI/c1-3-27-20(26)16-10-13-25(14-11-16)21(22-2)24-15-17-7-6-12-23-19(17)28-18-8-4-5-9-18;/h6-7,12,16,18H,3-5,8-11,13-15H2,1-2H3,(H,22,24);1H. The average molecular weight is 516 g/mol. The highest BCUT2D eigenvalue weighted by Crippen LogP contribution is 2.25. The van der Waals surface area contributed by atoms with Crippen molar-refractivity contribution in [3.8, 4) is 5.88 Å². The Labute approximate surface area is 190 Å². The van der Waals surface area contributed by atoms with E-state index in [0.717, 1.165) is 56.2 Å². The van der Waals surface area contributed by atoms with Crippen LogP contribution in [-0.4, -0.2) is 54.7 Å². The smallest absolute Gasteiger partial charge is 0.309 e. The molecule has 0 bridgehead atoms. The zero-order valence-electron chi connectivity index (χ0n) is 17.4. The minimum Gasteiger partial charge on any atom is -0.474 e. The summed E-state index contributed by atoms with van der Waals surface area (Å²) in [5.74, 6) is 1.49. The molecule has 3 rings (SSSR count). The number of guanidine groups is 1. The lowest BCUT2D eigenvalue weighted by molar-refractivity contribution is -0.149. The summed E-state index contributed by atoms with van der Waals surface area (Å²) in [5.41, 5.74) is 1.04. The van der Waals surface area contributed by atoms with Crippen molar-refractivity contribution in [2.24, 2.45) is 10.9 Å². The van der Waals surface area contributed by atoms with E-state index in [9.17, 15) is 4.79 Å². The first kappa shape index (κ1) is 23.7. The van der Waals surface area contributed by atoms with Gasteiger partial charge < -0.3 is 19.7 Å². The molecular weight excluding hydrogens is 483 g/mol. The molecule has 1 aliphatic heterocycles. The molecule has 162 valence electrons. The van der Waals surface area contributed by atoms with Crippen molar-refractivity contribution in [3.05, 3.63) is 23.9 Å². The third-order valence-corrected chi connectivity index (χ3v) is 5.49. The molecule has 0 aromatic carbocycles. The third-order valence-electron chi connectivity index (χ3n) is 5.49. The van der Waals surface area contributed by atoms with Crippen molar-refractivity contribution < 1.29 is 14.3 Å². The minimum atomic E-state index is -0.0749. The van der Waals surface area contributed by atoms with Crippen molar-refractivity contribution in [2.45, 2.75) is 58.1 Å². The SMILES string of the molecule is CCOC(=O)C1CCN(C(=NC)NCc2cccnc2OC2CCCC2)CC1.I. The second-order valence-electron chi connectivity index (χ2n) is 7.41. The fourth-order valence-corrected chi connectivity index (χ4v) is 3.92. The topological polar surface area (TPSA) is 76.0 Å². The van der Waals surface area contributed by atoms with Gasteiger partial charge in [0.2, 0.25) is 5.88 Å². The number of carbonyl (C=O) groups is 1. The van der Waals surface area contributed by atoms with Gasteiger partial charge in [0, 0.05) is 38.4 Å². The minimum absolute atomic E-state index is 0. The molecule has 0 radical (unpaired) electrons. The lowest BCUT2D eigenvalue weighted by Crippen LogP contribution is -2.46. The summed E-state index contributed by atoms with van der Waals surface area (Å²) in [6.07, 6.45) is 8.35. The van der Waals surface area contributed by atoms with Gasteiger partial charge in [0.15, 0.2) is 5.96 Å². The largest absolute Gasteiger partial charge is 0.474 e. The van der Waals surface area contributed by atoms with Gasteiger partial charge in [-0.25, -0.2) is 4.98 Å². The van der Waals surface area contributed by atoms with Crippen LogP contribution in [0.25, 0.3) is 0 Å². The number of likely N-dealkylation sites (tertiary alicyclic amines) is 1. The fourth-order valence-electron chi connectivity index (χ4n) is 3.92. The maximum absolute atomic E-state index is 11.9. The number of nitrogens with zero attached hydrogens (tertiary/aromatic N) is 3. The fraction of sp³-hybridized carbons (Fsp3) is 0.667. The number of hydrogen-bond acceptors (Lipinski definition) is 5. The second-order valence-corrected chi connectivity index (χ2v) is 7.41. The van der Waals surface area contributed by atoms with Gasteiger partial charge in [0.05, 0.1) is 12.5 Å². The van der Waals surface area contributed by atoms with E-state index in [1.54, 1.807) is 13.2 Å². The summed E-state index contributed by atoms with van der Waals surface area (Å²) < 4.78 is 11.3. The lowest BCUT2D eigenvalue weighted by atomic mass is 9.97. The summed E-state index contributed by atoms with van der Waals surface area (Å²) in [7, 11) is 1.79. The third kappa shape index (κ3) is 6.72. The van der Waals surface area contributed by atoms with Crippen molar-refractivity contribution >= 4 is 35.9 Å². The molecule has 0 amide bonds. The van der Waals surface area contributed by atoms with Crippen molar-refractivity contribution in [1.29, 1.82) is 0 Å². The number of nitrogens with one attached hydrogen (secondary N) is 1. The van der Waals surface area contributed by atoms with Crippen LogP contribution < -0.4 is 10.1 Å². The number of halogens is 1. The number of piperidine rings is 1. The van der Waals surface area contributed by atoms with Crippen molar-refractivity contribution in [1.82, 2.24) is 15.2 Å². The van der Waals surface area contributed by atoms with Gasteiger partial charge in [-0.05, 0) is 51.5 Å². The van der Waals surface area contributed by atoms with Gasteiger partial charge >= 0.3 is 5.97 Å². The average Bonchev–Trinajstić information content (AvgIpc) is 3.23. The molecular formula is C21H33IN4O3. The Bertz CT molecular complexity index is 672. The summed E-state index contributed by atoms with van der Waals surface area (Å²) in [6, 6.07) is 3.98. The summed E-state index contributed by atoms with van der Waals surface area (Å²) in [6.45, 7) is 4.49. The van der Waals surface area contributed by atoms with Crippen molar-refractivity contribution in [3.63, 3.8) is 0 Å². The Morgan fingerprint density at radius 2 is 2.00 bits per heavy atom. The molecule has 0 atom stereocenters. The number of pyridine rings is 1. The van der Waals surface area contributed by atoms with Gasteiger partial charge in [-0.1, -0.05) is 6.07 Å². The molecule has 2 aliphatic rings. The molecule has 1 aromatic heterocycles. The van der Waals surface area contributed by atoms with E-state index >= 15 is 0 Å². The second kappa shape index (κ2) is 12.2. The van der Waals surface area contributed by atoms with E-state index in [-0.39, 0.29) is 42.0 Å². The number of esters is 1. The zero-order valence-corrected chi connectivity index (χ0v) is 19.8. The van der Waals surface area contributed by atoms with Crippen LogP contribution in [0.3, 0.4) is 0 Å². The van der Waals surface area contributed by atoms with Gasteiger partial charge in [-0.3, -0.25) is 9.79 Å². The van der Waals surface area contributed by atoms with Gasteiger partial charge in [-0.15, -0.1) is 24.0 Å². The van der Waals surface area contributed by atoms with Crippen LogP contribution in [0.1, 0.15) is 51.0 Å². The Morgan fingerprint density at radius 1 is 1.28 bits per heavy atom. The number of carbonyl (C=O) groups excluding carboxylic acids is 1. The molecule has 0 unspecified atom stereocenters. The number of aliphatic imine (C=N–C) groups is 1. The number of ether oxygens (including phenoxy) is 2. The first-order valence-corrected chi connectivity index (χ1v) is 10.4. The summed E-state index contributed by atoms with van der Waals surface area (Å²) in [4.78, 5) is 23.0. The van der Waals surface area contributed by atoms with Gasteiger partial charge in [0.1, 0.15) is 6.10 Å². The van der Waals surface area contributed by atoms with Crippen LogP contribution in [0, 0.1) is 5.92 Å². The van der Waals surface area contributed by atoms with E-state index in [1.165, 1.54) is 12.8 Å². The van der Waals surface area contributed by atoms with E-state index in [1.807, 2.05) is 19.1 Å². The molecule has 29 heavy (non-hydrogen) atoms. The quantitative estimate of drug-likeness (QED) is 0.271. The predicted molar refractivity (Wildman–Crippen MR) is 124 cm³/mol. The number of hydrogen-bond donors (Lipinski definition) is 1. The van der Waals surface area contributed by atoms with Gasteiger partial charge in [0.25, 0.3) is 0 Å². The zero-order chi connectivity index (χ0) is 19.8. The van der Waals surface area contributed by atoms with Crippen LogP contribution in [-0.2, 0) is 16.1 Å². The van der Waals surface area contributed by atoms with Crippen LogP contribution in [0.2, 0.25) is 0 Å². The highest BCUT2D eigenvalue weighted by Gasteiger charge is 2.27. The highest BCUT2D eigenvalue weighted by atomic mass is 127. The molecule has 1 aliphatic carbocycles. The predicted octanol–water partition coefficient (Wildman–Crippen LogP) is 3.37. The van der Waals surface area contributed by atoms with E-state index in [4.69, 9.17) is 9.47 Å². The van der Waals surface area contributed by atoms with E-state index < -0.39 is 0 Å². The Kier molecular flexibility index (Phi) is 9.96. The van der Waals surface area contributed by atoms with Crippen LogP contribution >= 0.6 is 24.0 Å². The summed E-state index contributed by atoms with van der Waals surface area (Å²) >= 11 is 0. The van der Waals surface area contributed by atoms with E-state index in [0.29, 0.717) is 13.2 Å². The molecule has 1 saturated carbocycles. The van der Waals surface area contributed by atoms with Crippen LogP contribution in [0.4, 0.5) is 0 Å². The maximum atomic E-state index is 11.9. The Hall–Kier alpha value is -1.58. The van der Waals surface area contributed by atoms with Crippen molar-refractivity contribution in [2.75, 3.05) is 26.7 Å². The monoisotopic (exact) mass is 516 g/mol. The molecule has 8 heteroatoms. The summed E-state index contributed by atoms with van der Waals surface area (Å²) in [5, 5.41) is 3.43. The number of aromatic nitrogens is 1. The Balaban J connectivity index is 0.00000300. The normalized spacial score (nSPS) is 18.3. The van der Waals surface area contributed by atoms with E-state index in [2.05, 4.69) is 20.2 Å². The molecule has 1 N–H and O–H groups in total. The highest BCUT2D eigenvalue weighted by molar-refractivity contribution is 14.0. The molecule has 0 spiro atoms. The molecule has 1 saturated heterocycles. The maximum Gasteiger partial charge on any atom is 0.309 e. The first-order valence-electron chi connectivity index (χ1n) is 10.4. The molecule has 7 nitrogen and oxygen atoms in total. The number of rotatable bonds is 6. The Morgan fingerprint density at radius 3 is 2.66 bits per heavy atom. The molecule has 1 aromatic rings. The van der Waals surface area contributed by atoms with Gasteiger partial charge in [-0.2, -0.15) is 0 Å².